The predicted octanol–water partition coefficient (Wildman–Crippen LogP) is 5.07. The van der Waals surface area contributed by atoms with Crippen LogP contribution in [0.4, 0.5) is 0 Å². The first kappa shape index (κ1) is 15.5. The number of rotatable bonds is 3. The second kappa shape index (κ2) is 6.70. The van der Waals surface area contributed by atoms with Crippen LogP contribution in [0.25, 0.3) is 0 Å². The van der Waals surface area contributed by atoms with E-state index >= 15 is 0 Å². The topological polar surface area (TPSA) is 0 Å². The van der Waals surface area contributed by atoms with Crippen LogP contribution in [0, 0.1) is 0 Å². The standard InChI is InChI=1S/C18H20P.BrH/c1-16-12-13-19(14-16,18-10-6-3-7-11-18)15-17-8-4-2-5-9-17;/h2-12H,13-15H2,1H3;1H/q+1;. The third-order valence-corrected chi connectivity index (χ3v) is 8.32. The van der Waals surface area contributed by atoms with Crippen molar-refractivity contribution in [3.05, 3.63) is 77.9 Å². The van der Waals surface area contributed by atoms with Crippen LogP contribution in [0.15, 0.2) is 72.3 Å². The highest BCUT2D eigenvalue weighted by Gasteiger charge is 2.42. The van der Waals surface area contributed by atoms with Crippen LogP contribution < -0.4 is 5.30 Å². The zero-order valence-electron chi connectivity index (χ0n) is 11.8. The minimum Gasteiger partial charge on any atom is -0.114 e. The molecule has 20 heavy (non-hydrogen) atoms. The molecule has 1 aliphatic heterocycles. The molecule has 2 aromatic rings. The fourth-order valence-corrected chi connectivity index (χ4v) is 7.43. The lowest BCUT2D eigenvalue weighted by Crippen LogP contribution is -2.16. The molecule has 0 saturated carbocycles. The van der Waals surface area contributed by atoms with Gasteiger partial charge in [0.25, 0.3) is 0 Å². The Bertz CT molecular complexity index is 577. The molecule has 0 N–H and O–H groups in total. The second-order valence-electron chi connectivity index (χ2n) is 5.52. The van der Waals surface area contributed by atoms with E-state index in [2.05, 4.69) is 73.7 Å². The van der Waals surface area contributed by atoms with Crippen molar-refractivity contribution in [1.82, 2.24) is 0 Å². The zero-order chi connectivity index (χ0) is 13.1. The minimum atomic E-state index is -1.07. The Hall–Kier alpha value is -0.910. The van der Waals surface area contributed by atoms with Gasteiger partial charge in [0.15, 0.2) is 0 Å². The number of halogens is 1. The number of hydrogen-bond acceptors (Lipinski definition) is 0. The highest BCUT2D eigenvalue weighted by Crippen LogP contribution is 2.64. The zero-order valence-corrected chi connectivity index (χ0v) is 14.4. The molecule has 1 unspecified atom stereocenters. The van der Waals surface area contributed by atoms with Gasteiger partial charge in [0.05, 0.1) is 31.1 Å². The van der Waals surface area contributed by atoms with Crippen molar-refractivity contribution in [3.8, 4) is 0 Å². The second-order valence-corrected chi connectivity index (χ2v) is 9.32. The molecule has 0 saturated heterocycles. The lowest BCUT2D eigenvalue weighted by atomic mass is 10.2. The quantitative estimate of drug-likeness (QED) is 0.537. The summed E-state index contributed by atoms with van der Waals surface area (Å²) in [6.45, 7) is 2.29. The lowest BCUT2D eigenvalue weighted by molar-refractivity contribution is 1.34. The minimum absolute atomic E-state index is 0. The SMILES string of the molecule is Br.CC1=CC[P+](Cc2ccccc2)(c2ccccc2)C1. The molecule has 104 valence electrons. The fraction of sp³-hybridized carbons (Fsp3) is 0.222. The molecule has 1 atom stereocenters. The Kier molecular flexibility index (Phi) is 5.18. The van der Waals surface area contributed by atoms with Crippen LogP contribution in [-0.4, -0.2) is 12.3 Å². The number of benzene rings is 2. The van der Waals surface area contributed by atoms with E-state index in [-0.39, 0.29) is 17.0 Å². The molecule has 0 spiro atoms. The van der Waals surface area contributed by atoms with Crippen molar-refractivity contribution >= 4 is 29.5 Å². The van der Waals surface area contributed by atoms with Gasteiger partial charge in [0.1, 0.15) is 0 Å². The first-order valence-electron chi connectivity index (χ1n) is 6.90. The van der Waals surface area contributed by atoms with E-state index in [4.69, 9.17) is 0 Å². The van der Waals surface area contributed by atoms with Crippen molar-refractivity contribution in [2.45, 2.75) is 13.1 Å². The van der Waals surface area contributed by atoms with E-state index in [0.29, 0.717) is 0 Å². The van der Waals surface area contributed by atoms with Gasteiger partial charge in [-0.3, -0.25) is 0 Å². The van der Waals surface area contributed by atoms with Crippen LogP contribution in [0.1, 0.15) is 12.5 Å². The number of hydrogen-bond donors (Lipinski definition) is 0. The molecule has 0 aliphatic carbocycles. The van der Waals surface area contributed by atoms with Crippen molar-refractivity contribution in [2.75, 3.05) is 12.3 Å². The van der Waals surface area contributed by atoms with E-state index in [1.807, 2.05) is 0 Å². The first-order valence-corrected chi connectivity index (χ1v) is 9.24. The van der Waals surface area contributed by atoms with Crippen LogP contribution in [-0.2, 0) is 6.16 Å². The summed E-state index contributed by atoms with van der Waals surface area (Å²) in [5, 5.41) is 1.59. The van der Waals surface area contributed by atoms with Gasteiger partial charge in [-0.15, -0.1) is 17.0 Å². The molecular weight excluding hydrogens is 327 g/mol. The van der Waals surface area contributed by atoms with Crippen LogP contribution in [0.3, 0.4) is 0 Å². The van der Waals surface area contributed by atoms with Crippen LogP contribution >= 0.6 is 24.2 Å². The molecule has 0 amide bonds. The molecule has 1 aliphatic rings. The maximum atomic E-state index is 2.46. The molecule has 0 fully saturated rings. The average Bonchev–Trinajstić information content (AvgIpc) is 2.83. The summed E-state index contributed by atoms with van der Waals surface area (Å²) >= 11 is 0. The van der Waals surface area contributed by atoms with Gasteiger partial charge in [-0.05, 0) is 36.3 Å². The van der Waals surface area contributed by atoms with Crippen LogP contribution in [0.2, 0.25) is 0 Å². The molecule has 2 aromatic carbocycles. The summed E-state index contributed by atoms with van der Waals surface area (Å²) in [6, 6.07) is 22.2. The summed E-state index contributed by atoms with van der Waals surface area (Å²) in [4.78, 5) is 0. The number of allylic oxidation sites excluding steroid dienone is 2. The van der Waals surface area contributed by atoms with Gasteiger partial charge >= 0.3 is 0 Å². The molecule has 2 heteroatoms. The van der Waals surface area contributed by atoms with E-state index in [0.717, 1.165) is 0 Å². The summed E-state index contributed by atoms with van der Waals surface area (Å²) in [5.74, 6) is 0. The molecule has 0 nitrogen and oxygen atoms in total. The predicted molar refractivity (Wildman–Crippen MR) is 97.0 cm³/mol. The van der Waals surface area contributed by atoms with Gasteiger partial charge in [-0.2, -0.15) is 0 Å². The van der Waals surface area contributed by atoms with Crippen molar-refractivity contribution in [2.24, 2.45) is 0 Å². The fourth-order valence-electron chi connectivity index (χ4n) is 3.02. The Morgan fingerprint density at radius 2 is 1.50 bits per heavy atom. The summed E-state index contributed by atoms with van der Waals surface area (Å²) in [7, 11) is -1.07. The maximum Gasteiger partial charge on any atom is 0.0949 e. The molecule has 0 bridgehead atoms. The largest absolute Gasteiger partial charge is 0.114 e. The van der Waals surface area contributed by atoms with E-state index in [1.54, 1.807) is 10.9 Å². The molecular formula is C18H21BrP+. The highest BCUT2D eigenvalue weighted by atomic mass is 79.9. The smallest absolute Gasteiger partial charge is 0.0949 e. The monoisotopic (exact) mass is 347 g/mol. The van der Waals surface area contributed by atoms with E-state index in [1.165, 1.54) is 24.0 Å². The van der Waals surface area contributed by atoms with Gasteiger partial charge in [-0.25, -0.2) is 0 Å². The van der Waals surface area contributed by atoms with Gasteiger partial charge in [-0.1, -0.05) is 48.5 Å². The van der Waals surface area contributed by atoms with Crippen molar-refractivity contribution < 1.29 is 0 Å². The Balaban J connectivity index is 0.00000147. The normalized spacial score (nSPS) is 21.1. The van der Waals surface area contributed by atoms with Crippen molar-refractivity contribution in [3.63, 3.8) is 0 Å². The molecule has 1 heterocycles. The first-order chi connectivity index (χ1) is 9.28. The van der Waals surface area contributed by atoms with Gasteiger partial charge in [0.2, 0.25) is 0 Å². The van der Waals surface area contributed by atoms with E-state index in [9.17, 15) is 0 Å². The molecule has 0 aromatic heterocycles. The third kappa shape index (κ3) is 3.22. The Morgan fingerprint density at radius 1 is 0.900 bits per heavy atom. The van der Waals surface area contributed by atoms with Crippen molar-refractivity contribution in [1.29, 1.82) is 0 Å². The maximum absolute atomic E-state index is 2.46. The summed E-state index contributed by atoms with van der Waals surface area (Å²) in [6.07, 6.45) is 6.28. The van der Waals surface area contributed by atoms with Crippen LogP contribution in [0.5, 0.6) is 0 Å². The third-order valence-electron chi connectivity index (χ3n) is 3.97. The summed E-state index contributed by atoms with van der Waals surface area (Å²) in [5.41, 5.74) is 3.07. The Morgan fingerprint density at radius 3 is 2.05 bits per heavy atom. The molecule has 0 radical (unpaired) electrons. The van der Waals surface area contributed by atoms with E-state index < -0.39 is 7.26 Å². The lowest BCUT2D eigenvalue weighted by Gasteiger charge is -2.23. The molecule has 3 rings (SSSR count). The van der Waals surface area contributed by atoms with Gasteiger partial charge in [0, 0.05) is 0 Å². The van der Waals surface area contributed by atoms with Gasteiger partial charge < -0.3 is 0 Å². The summed E-state index contributed by atoms with van der Waals surface area (Å²) < 4.78 is 0. The highest BCUT2D eigenvalue weighted by molar-refractivity contribution is 8.93. The average molecular weight is 348 g/mol. The Labute approximate surface area is 133 Å².